The van der Waals surface area contributed by atoms with Crippen LogP contribution >= 0.6 is 0 Å². The number of ether oxygens (including phenoxy) is 5. The molecular formula is C56H60N2O11. The predicted molar refractivity (Wildman–Crippen MR) is 264 cm³/mol. The molecule has 0 aliphatic heterocycles. The standard InChI is InChI=1S/C28H29NO5.C22H19NO5.C6H12O/c1-32-28(31)25-9-5-6-10-26(25)29-27(30)19-20-11-13-22(14-12-20)34-24-17-15-23(16-18-24)33-21-7-3-2-4-8-21;1-27-22(26)19-4-2-3-5-20(19)23-21(25)14-15-6-10-17(11-7-15)28-18-12-8-16(24)9-13-18;7-6-4-2-1-3-5-6/h5-6,9-18,21H,2-4,7-8,19H2,1H3,(H,29,30);2-13,24H,14H2,1H3,(H,23,25);6-7H,1-5H2. The highest BCUT2D eigenvalue weighted by atomic mass is 16.5. The summed E-state index contributed by atoms with van der Waals surface area (Å²) in [6, 6.07) is 42.0. The predicted octanol–water partition coefficient (Wildman–Crippen LogP) is 11.6. The number of anilines is 2. The third-order valence-corrected chi connectivity index (χ3v) is 11.4. The molecule has 0 unspecified atom stereocenters. The summed E-state index contributed by atoms with van der Waals surface area (Å²) in [6.45, 7) is 0. The van der Waals surface area contributed by atoms with E-state index in [1.54, 1.807) is 97.1 Å². The lowest BCUT2D eigenvalue weighted by Gasteiger charge is -2.23. The fourth-order valence-electron chi connectivity index (χ4n) is 7.70. The van der Waals surface area contributed by atoms with Crippen molar-refractivity contribution in [2.24, 2.45) is 0 Å². The Hall–Kier alpha value is -7.64. The molecule has 0 saturated heterocycles. The first-order chi connectivity index (χ1) is 33.5. The number of methoxy groups -OCH3 is 2. The van der Waals surface area contributed by atoms with E-state index in [4.69, 9.17) is 28.8 Å². The van der Waals surface area contributed by atoms with Gasteiger partial charge in [-0.2, -0.15) is 0 Å². The molecule has 2 aliphatic rings. The zero-order valence-electron chi connectivity index (χ0n) is 39.1. The highest BCUT2D eigenvalue weighted by molar-refractivity contribution is 6.02. The number of nitrogens with one attached hydrogen (secondary N) is 2. The Bertz CT molecular complexity index is 2550. The minimum atomic E-state index is -0.508. The zero-order valence-corrected chi connectivity index (χ0v) is 39.1. The molecule has 0 heterocycles. The number of benzene rings is 6. The molecular weight excluding hydrogens is 877 g/mol. The third-order valence-electron chi connectivity index (χ3n) is 11.4. The average molecular weight is 937 g/mol. The first-order valence-electron chi connectivity index (χ1n) is 23.3. The smallest absolute Gasteiger partial charge is 0.339 e. The molecule has 2 aliphatic carbocycles. The van der Waals surface area contributed by atoms with Crippen molar-refractivity contribution in [3.8, 4) is 34.5 Å². The summed E-state index contributed by atoms with van der Waals surface area (Å²) in [6.07, 6.45) is 12.6. The Kier molecular flexibility index (Phi) is 19.6. The van der Waals surface area contributed by atoms with Crippen molar-refractivity contribution in [3.05, 3.63) is 168 Å². The largest absolute Gasteiger partial charge is 0.508 e. The fourth-order valence-corrected chi connectivity index (χ4v) is 7.70. The summed E-state index contributed by atoms with van der Waals surface area (Å²) in [5.41, 5.74) is 3.08. The molecule has 0 aromatic heterocycles. The molecule has 2 amide bonds. The van der Waals surface area contributed by atoms with Crippen LogP contribution in [0.1, 0.15) is 96.1 Å². The molecule has 0 atom stereocenters. The van der Waals surface area contributed by atoms with Gasteiger partial charge in [0.1, 0.15) is 34.5 Å². The van der Waals surface area contributed by atoms with Crippen LogP contribution in [-0.2, 0) is 31.9 Å². The first kappa shape index (κ1) is 50.8. The van der Waals surface area contributed by atoms with Gasteiger partial charge in [0.05, 0.1) is 61.8 Å². The van der Waals surface area contributed by atoms with Crippen molar-refractivity contribution >= 4 is 35.1 Å². The molecule has 2 fully saturated rings. The van der Waals surface area contributed by atoms with Crippen LogP contribution in [0.5, 0.6) is 34.5 Å². The van der Waals surface area contributed by atoms with Gasteiger partial charge in [-0.1, -0.05) is 74.2 Å². The highest BCUT2D eigenvalue weighted by Crippen LogP contribution is 2.28. The number of aliphatic hydroxyl groups excluding tert-OH is 1. The Balaban J connectivity index is 0.000000201. The van der Waals surface area contributed by atoms with Crippen molar-refractivity contribution in [2.45, 2.75) is 89.3 Å². The van der Waals surface area contributed by atoms with E-state index < -0.39 is 11.9 Å². The molecule has 4 N–H and O–H groups in total. The molecule has 13 nitrogen and oxygen atoms in total. The SMILES string of the molecule is COC(=O)c1ccccc1NC(=O)Cc1ccc(Oc2ccc(O)cc2)cc1.COC(=O)c1ccccc1NC(=O)Cc1ccc(Oc2ccc(OC3CCCCC3)cc2)cc1.OC1CCCCC1. The minimum Gasteiger partial charge on any atom is -0.508 e. The number of carbonyl (C=O) groups is 4. The van der Waals surface area contributed by atoms with E-state index >= 15 is 0 Å². The van der Waals surface area contributed by atoms with Crippen molar-refractivity contribution < 1.29 is 53.1 Å². The van der Waals surface area contributed by atoms with Crippen LogP contribution in [-0.4, -0.2) is 60.4 Å². The highest BCUT2D eigenvalue weighted by Gasteiger charge is 2.17. The number of esters is 2. The number of phenolic OH excluding ortho intramolecular Hbond substituents is 1. The number of aromatic hydroxyl groups is 1. The molecule has 2 saturated carbocycles. The van der Waals surface area contributed by atoms with E-state index in [2.05, 4.69) is 10.6 Å². The van der Waals surface area contributed by atoms with Gasteiger partial charge in [-0.15, -0.1) is 0 Å². The van der Waals surface area contributed by atoms with Gasteiger partial charge in [0, 0.05) is 0 Å². The number of amides is 2. The Morgan fingerprint density at radius 2 is 0.841 bits per heavy atom. The zero-order chi connectivity index (χ0) is 48.8. The molecule has 0 spiro atoms. The maximum Gasteiger partial charge on any atom is 0.339 e. The summed E-state index contributed by atoms with van der Waals surface area (Å²) >= 11 is 0. The maximum absolute atomic E-state index is 12.5. The Morgan fingerprint density at radius 3 is 1.23 bits per heavy atom. The van der Waals surface area contributed by atoms with E-state index in [-0.39, 0.29) is 36.5 Å². The van der Waals surface area contributed by atoms with E-state index in [0.717, 1.165) is 48.3 Å². The van der Waals surface area contributed by atoms with Crippen LogP contribution in [0.15, 0.2) is 146 Å². The lowest BCUT2D eigenvalue weighted by atomic mass is 9.98. The van der Waals surface area contributed by atoms with E-state index in [1.165, 1.54) is 52.7 Å². The Labute approximate surface area is 403 Å². The van der Waals surface area contributed by atoms with Crippen molar-refractivity contribution in [2.75, 3.05) is 24.9 Å². The second-order valence-corrected chi connectivity index (χ2v) is 16.7. The van der Waals surface area contributed by atoms with E-state index in [9.17, 15) is 24.3 Å². The molecule has 69 heavy (non-hydrogen) atoms. The second kappa shape index (κ2) is 26.6. The molecule has 8 rings (SSSR count). The van der Waals surface area contributed by atoms with E-state index in [1.807, 2.05) is 48.5 Å². The van der Waals surface area contributed by atoms with Gasteiger partial charge in [-0.25, -0.2) is 9.59 Å². The van der Waals surface area contributed by atoms with Gasteiger partial charge in [0.25, 0.3) is 0 Å². The molecule has 0 bridgehead atoms. The molecule has 6 aromatic carbocycles. The van der Waals surface area contributed by atoms with Gasteiger partial charge in [-0.3, -0.25) is 9.59 Å². The average Bonchev–Trinajstić information content (AvgIpc) is 3.37. The summed E-state index contributed by atoms with van der Waals surface area (Å²) in [5.74, 6) is 2.19. The number of phenols is 1. The minimum absolute atomic E-state index is 0.0359. The van der Waals surface area contributed by atoms with Crippen LogP contribution in [0.4, 0.5) is 11.4 Å². The van der Waals surface area contributed by atoms with Crippen LogP contribution in [0.25, 0.3) is 0 Å². The van der Waals surface area contributed by atoms with Crippen LogP contribution in [0.2, 0.25) is 0 Å². The number of hydrogen-bond acceptors (Lipinski definition) is 11. The van der Waals surface area contributed by atoms with Crippen LogP contribution in [0.3, 0.4) is 0 Å². The Morgan fingerprint density at radius 1 is 0.478 bits per heavy atom. The lowest BCUT2D eigenvalue weighted by molar-refractivity contribution is -0.116. The summed E-state index contributed by atoms with van der Waals surface area (Å²) in [4.78, 5) is 48.5. The topological polar surface area (TPSA) is 179 Å². The summed E-state index contributed by atoms with van der Waals surface area (Å²) < 4.78 is 27.2. The van der Waals surface area contributed by atoms with E-state index in [0.29, 0.717) is 45.9 Å². The molecule has 6 aromatic rings. The molecule has 360 valence electrons. The number of rotatable bonds is 14. The summed E-state index contributed by atoms with van der Waals surface area (Å²) in [7, 11) is 2.60. The number of hydrogen-bond donors (Lipinski definition) is 4. The molecule has 13 heteroatoms. The maximum atomic E-state index is 12.5. The number of aliphatic hydroxyl groups is 1. The molecule has 0 radical (unpaired) electrons. The number of para-hydroxylation sites is 2. The van der Waals surface area contributed by atoms with Crippen molar-refractivity contribution in [3.63, 3.8) is 0 Å². The monoisotopic (exact) mass is 936 g/mol. The van der Waals surface area contributed by atoms with Crippen LogP contribution < -0.4 is 24.8 Å². The third kappa shape index (κ3) is 16.9. The van der Waals surface area contributed by atoms with Gasteiger partial charge >= 0.3 is 11.9 Å². The summed E-state index contributed by atoms with van der Waals surface area (Å²) in [5, 5.41) is 23.7. The normalized spacial score (nSPS) is 13.4. The second-order valence-electron chi connectivity index (χ2n) is 16.7. The fraction of sp³-hybridized carbons (Fsp3) is 0.286. The van der Waals surface area contributed by atoms with Crippen molar-refractivity contribution in [1.82, 2.24) is 0 Å². The van der Waals surface area contributed by atoms with Gasteiger partial charge in [0.15, 0.2) is 0 Å². The van der Waals surface area contributed by atoms with Crippen LogP contribution in [0, 0.1) is 0 Å². The quantitative estimate of drug-likeness (QED) is 0.0764. The van der Waals surface area contributed by atoms with Gasteiger partial charge in [-0.05, 0) is 147 Å². The first-order valence-corrected chi connectivity index (χ1v) is 23.3. The lowest BCUT2D eigenvalue weighted by Crippen LogP contribution is -2.19. The van der Waals surface area contributed by atoms with Crippen molar-refractivity contribution in [1.29, 1.82) is 0 Å². The number of carbonyl (C=O) groups excluding carboxylic acids is 4. The van der Waals surface area contributed by atoms with Gasteiger partial charge in [0.2, 0.25) is 11.8 Å². The van der Waals surface area contributed by atoms with Gasteiger partial charge < -0.3 is 44.5 Å².